The van der Waals surface area contributed by atoms with Gasteiger partial charge in [0.25, 0.3) is 0 Å². The van der Waals surface area contributed by atoms with Crippen LogP contribution in [-0.2, 0) is 3.78 Å². The van der Waals surface area contributed by atoms with Gasteiger partial charge in [-0.3, -0.25) is 0 Å². The van der Waals surface area contributed by atoms with Gasteiger partial charge in [0, 0.05) is 0 Å². The molecule has 0 N–H and O–H groups in total. The molecule has 0 aliphatic carbocycles. The van der Waals surface area contributed by atoms with E-state index in [0.717, 1.165) is 0 Å². The Morgan fingerprint density at radius 1 is 1.60 bits per heavy atom. The topological polar surface area (TPSA) is 40.1 Å². The Bertz CT molecular complexity index is 17.1. The standard InChI is InChI=1S/ClH.GeO2.K/c;2-1-3;/h1H;;/q;-1;+1. The van der Waals surface area contributed by atoms with Crippen LogP contribution in [0.5, 0.6) is 0 Å². The Balaban J connectivity index is -0.0000000200. The van der Waals surface area contributed by atoms with Gasteiger partial charge in [-0.15, -0.1) is 12.4 Å². The van der Waals surface area contributed by atoms with Gasteiger partial charge in [0.2, 0.25) is 0 Å². The fourth-order valence-corrected chi connectivity index (χ4v) is 0. The SMILES string of the molecule is Cl.[K+].[O]=[Ge][O-]. The molecule has 0 saturated carbocycles. The van der Waals surface area contributed by atoms with E-state index in [1.807, 2.05) is 0 Å². The molecule has 2 nitrogen and oxygen atoms in total. The van der Waals surface area contributed by atoms with Gasteiger partial charge < -0.3 is 0 Å². The van der Waals surface area contributed by atoms with Crippen molar-refractivity contribution in [2.75, 3.05) is 0 Å². The second-order valence-electron chi connectivity index (χ2n) is 0.0833. The third-order valence-electron chi connectivity index (χ3n) is 0. The minimum absolute atomic E-state index is 0. The van der Waals surface area contributed by atoms with Crippen molar-refractivity contribution in [1.29, 1.82) is 0 Å². The maximum atomic E-state index is 8.50. The molecule has 0 spiro atoms. The molecule has 0 saturated heterocycles. The summed E-state index contributed by atoms with van der Waals surface area (Å²) in [4.78, 5) is 0. The molecule has 0 aromatic heterocycles. The fourth-order valence-electron chi connectivity index (χ4n) is 0. The van der Waals surface area contributed by atoms with Gasteiger partial charge in [0.1, 0.15) is 0 Å². The number of hydrogen-bond acceptors (Lipinski definition) is 2. The number of hydrogen-bond donors (Lipinski definition) is 0. The number of rotatable bonds is 0. The van der Waals surface area contributed by atoms with Crippen LogP contribution in [0.15, 0.2) is 0 Å². The van der Waals surface area contributed by atoms with Crippen molar-refractivity contribution in [2.45, 2.75) is 0 Å². The van der Waals surface area contributed by atoms with E-state index in [-0.39, 0.29) is 63.8 Å². The molecule has 0 aliphatic rings. The van der Waals surface area contributed by atoms with Crippen LogP contribution in [0.3, 0.4) is 0 Å². The predicted molar refractivity (Wildman–Crippen MR) is 13.7 cm³/mol. The summed E-state index contributed by atoms with van der Waals surface area (Å²) < 4.78 is 17.0. The van der Waals surface area contributed by atoms with E-state index in [2.05, 4.69) is 0 Å². The van der Waals surface area contributed by atoms with Crippen LogP contribution >= 0.6 is 12.4 Å². The van der Waals surface area contributed by atoms with Gasteiger partial charge in [-0.25, -0.2) is 0 Å². The Labute approximate surface area is 85.6 Å². The zero-order chi connectivity index (χ0) is 2.71. The predicted octanol–water partition coefficient (Wildman–Crippen LogP) is -4.26. The van der Waals surface area contributed by atoms with Crippen molar-refractivity contribution < 1.29 is 59.3 Å². The molecule has 0 heterocycles. The van der Waals surface area contributed by atoms with Gasteiger partial charge >= 0.3 is 75.0 Å². The molecule has 25 valence electrons. The summed E-state index contributed by atoms with van der Waals surface area (Å²) in [5.74, 6) is 0. The molecule has 0 unspecified atom stereocenters. The molecule has 0 aliphatic heterocycles. The normalized spacial score (nSPS) is 2.40. The minimum atomic E-state index is -2.00. The van der Waals surface area contributed by atoms with Crippen molar-refractivity contribution >= 4 is 28.1 Å². The summed E-state index contributed by atoms with van der Waals surface area (Å²) in [7, 11) is 0. The third kappa shape index (κ3) is 23.5. The third-order valence-corrected chi connectivity index (χ3v) is 0. The molecule has 0 rings (SSSR count). The van der Waals surface area contributed by atoms with E-state index < -0.39 is 15.7 Å². The second-order valence-corrected chi connectivity index (χ2v) is 0.433. The van der Waals surface area contributed by atoms with Crippen molar-refractivity contribution in [2.24, 2.45) is 0 Å². The van der Waals surface area contributed by atoms with Crippen LogP contribution < -0.4 is 55.5 Å². The summed E-state index contributed by atoms with van der Waals surface area (Å²) in [6.07, 6.45) is 0. The van der Waals surface area contributed by atoms with Crippen LogP contribution in [0.4, 0.5) is 0 Å². The summed E-state index contributed by atoms with van der Waals surface area (Å²) >= 11 is -2.00. The molecule has 0 fully saturated rings. The van der Waals surface area contributed by atoms with Crippen LogP contribution in [0, 0.1) is 0 Å². The molecule has 1 radical (unpaired) electrons. The molecule has 0 aromatic carbocycles. The van der Waals surface area contributed by atoms with E-state index >= 15 is 0 Å². The Morgan fingerprint density at radius 3 is 1.60 bits per heavy atom. The average Bonchev–Trinajstić information content (AvgIpc) is 0.918. The van der Waals surface area contributed by atoms with Crippen molar-refractivity contribution in [3.63, 3.8) is 0 Å². The van der Waals surface area contributed by atoms with E-state index in [9.17, 15) is 0 Å². The molecule has 0 atom stereocenters. The summed E-state index contributed by atoms with van der Waals surface area (Å²) in [6.45, 7) is 0. The van der Waals surface area contributed by atoms with Crippen LogP contribution in [0.25, 0.3) is 0 Å². The quantitative estimate of drug-likeness (QED) is 0.354. The zero-order valence-corrected chi connectivity index (χ0v) is 8.76. The first-order valence-corrected chi connectivity index (χ1v) is 2.12. The van der Waals surface area contributed by atoms with Gasteiger partial charge in [-0.1, -0.05) is 0 Å². The first-order chi connectivity index (χ1) is 1.41. The average molecular weight is 180 g/mol. The van der Waals surface area contributed by atoms with E-state index in [4.69, 9.17) is 7.91 Å². The van der Waals surface area contributed by atoms with Gasteiger partial charge in [0.15, 0.2) is 0 Å². The van der Waals surface area contributed by atoms with E-state index in [1.54, 1.807) is 0 Å². The Kier molecular flexibility index (Phi) is 52.1. The van der Waals surface area contributed by atoms with Crippen LogP contribution in [0.1, 0.15) is 0 Å². The van der Waals surface area contributed by atoms with Crippen molar-refractivity contribution in [1.82, 2.24) is 0 Å². The molecule has 0 aromatic rings. The van der Waals surface area contributed by atoms with E-state index in [1.165, 1.54) is 0 Å². The zero-order valence-electron chi connectivity index (χ0n) is 2.72. The second kappa shape index (κ2) is 16.6. The van der Waals surface area contributed by atoms with Crippen LogP contribution in [-0.4, -0.2) is 15.7 Å². The summed E-state index contributed by atoms with van der Waals surface area (Å²) in [5.41, 5.74) is 0. The van der Waals surface area contributed by atoms with Gasteiger partial charge in [-0.05, 0) is 0 Å². The summed E-state index contributed by atoms with van der Waals surface area (Å²) in [6, 6.07) is 0. The van der Waals surface area contributed by atoms with Gasteiger partial charge in [-0.2, -0.15) is 0 Å². The molecule has 5 heteroatoms. The van der Waals surface area contributed by atoms with Gasteiger partial charge in [0.05, 0.1) is 0 Å². The molecule has 0 bridgehead atoms. The molecular weight excluding hydrogens is 179 g/mol. The molecular formula is HClGeKO2. The van der Waals surface area contributed by atoms with Crippen molar-refractivity contribution in [3.8, 4) is 0 Å². The maximum absolute atomic E-state index is 8.50. The van der Waals surface area contributed by atoms with Crippen LogP contribution in [0.2, 0.25) is 0 Å². The fraction of sp³-hybridized carbons (Fsp3) is 0. The van der Waals surface area contributed by atoms with Crippen molar-refractivity contribution in [3.05, 3.63) is 0 Å². The first-order valence-electron chi connectivity index (χ1n) is 0.408. The number of halogens is 1. The summed E-state index contributed by atoms with van der Waals surface area (Å²) in [5, 5.41) is 0. The Morgan fingerprint density at radius 2 is 1.60 bits per heavy atom. The van der Waals surface area contributed by atoms with E-state index in [0.29, 0.717) is 0 Å². The first kappa shape index (κ1) is 15.7. The molecule has 0 amide bonds. The monoisotopic (exact) mass is 181 g/mol. The molecule has 5 heavy (non-hydrogen) atoms. The Hall–Kier alpha value is 2.07.